The Balaban J connectivity index is 1.48. The number of carbonyl (C=O) groups excluding carboxylic acids is 3. The molecule has 13 heteroatoms. The van der Waals surface area contributed by atoms with Gasteiger partial charge in [0.2, 0.25) is 15.9 Å². The Morgan fingerprint density at radius 2 is 1.87 bits per heavy atom. The molecule has 2 amide bonds. The fourth-order valence-corrected chi connectivity index (χ4v) is 6.73. The third-order valence-electron chi connectivity index (χ3n) is 6.73. The minimum Gasteiger partial charge on any atom is -0.435 e. The largest absolute Gasteiger partial charge is 0.435 e. The predicted octanol–water partition coefficient (Wildman–Crippen LogP) is 2.21. The zero-order valence-electron chi connectivity index (χ0n) is 21.5. The lowest BCUT2D eigenvalue weighted by atomic mass is 10.0. The van der Waals surface area contributed by atoms with Gasteiger partial charge >= 0.3 is 6.61 Å². The minimum absolute atomic E-state index is 0.00833. The van der Waals surface area contributed by atoms with Crippen LogP contribution in [0.25, 0.3) is 0 Å². The zero-order chi connectivity index (χ0) is 28.3. The number of aromatic nitrogens is 1. The van der Waals surface area contributed by atoms with Crippen molar-refractivity contribution in [3.63, 3.8) is 0 Å². The number of halogens is 2. The third kappa shape index (κ3) is 6.59. The number of pyridine rings is 1. The molecule has 210 valence electrons. The number of fused-ring (bicyclic) bond motifs is 1. The Hall–Kier alpha value is -3.45. The Morgan fingerprint density at radius 3 is 2.49 bits per heavy atom. The summed E-state index contributed by atoms with van der Waals surface area (Å²) in [6.07, 6.45) is 2.06. The molecule has 2 aliphatic rings. The molecule has 3 atom stereocenters. The van der Waals surface area contributed by atoms with Gasteiger partial charge in [-0.2, -0.15) is 13.1 Å². The highest BCUT2D eigenvalue weighted by molar-refractivity contribution is 7.88. The molecule has 1 aromatic carbocycles. The number of nitrogens with zero attached hydrogens (tertiary/aromatic N) is 3. The first-order valence-electron chi connectivity index (χ1n) is 12.5. The molecular formula is C26H30F2N4O6S. The molecule has 2 saturated heterocycles. The van der Waals surface area contributed by atoms with E-state index in [-0.39, 0.29) is 54.7 Å². The van der Waals surface area contributed by atoms with Crippen LogP contribution in [0.5, 0.6) is 5.75 Å². The highest BCUT2D eigenvalue weighted by atomic mass is 32.2. The molecule has 39 heavy (non-hydrogen) atoms. The van der Waals surface area contributed by atoms with Crippen LogP contribution < -0.4 is 10.1 Å². The first-order chi connectivity index (χ1) is 18.5. The molecule has 3 unspecified atom stereocenters. The molecule has 2 aliphatic heterocycles. The van der Waals surface area contributed by atoms with Crippen molar-refractivity contribution in [2.75, 3.05) is 13.1 Å². The number of ketones is 1. The number of Topliss-reactive ketones (excluding diaryl/α,β-unsaturated/α-hetero) is 1. The minimum atomic E-state index is -3.87. The Kier molecular flexibility index (Phi) is 8.60. The number of hydrogen-bond donors (Lipinski definition) is 1. The lowest BCUT2D eigenvalue weighted by molar-refractivity contribution is -0.138. The Labute approximate surface area is 225 Å². The number of hydrogen-bond acceptors (Lipinski definition) is 7. The van der Waals surface area contributed by atoms with Gasteiger partial charge in [0.05, 0.1) is 18.3 Å². The summed E-state index contributed by atoms with van der Waals surface area (Å²) in [7, 11) is -3.87. The molecule has 1 N–H and O–H groups in total. The summed E-state index contributed by atoms with van der Waals surface area (Å²) in [4.78, 5) is 45.0. The van der Waals surface area contributed by atoms with Crippen LogP contribution in [0.15, 0.2) is 48.7 Å². The highest BCUT2D eigenvalue weighted by Gasteiger charge is 2.54. The van der Waals surface area contributed by atoms with E-state index in [1.165, 1.54) is 39.7 Å². The van der Waals surface area contributed by atoms with Crippen LogP contribution in [0.1, 0.15) is 42.7 Å². The van der Waals surface area contributed by atoms with Gasteiger partial charge in [0.1, 0.15) is 23.6 Å². The molecule has 0 radical (unpaired) electrons. The molecule has 10 nitrogen and oxygen atoms in total. The van der Waals surface area contributed by atoms with Gasteiger partial charge in [-0.05, 0) is 55.2 Å². The number of ether oxygens (including phenoxy) is 1. The van der Waals surface area contributed by atoms with Gasteiger partial charge in [-0.25, -0.2) is 8.42 Å². The highest BCUT2D eigenvalue weighted by Crippen LogP contribution is 2.33. The molecule has 4 rings (SSSR count). The molecule has 2 aromatic rings. The predicted molar refractivity (Wildman–Crippen MR) is 136 cm³/mol. The average Bonchev–Trinajstić information content (AvgIpc) is 3.45. The second-order valence-corrected chi connectivity index (χ2v) is 11.9. The lowest BCUT2D eigenvalue weighted by Crippen LogP contribution is -2.53. The number of rotatable bonds is 10. The lowest BCUT2D eigenvalue weighted by Gasteiger charge is -2.29. The van der Waals surface area contributed by atoms with Crippen molar-refractivity contribution in [2.24, 2.45) is 5.92 Å². The van der Waals surface area contributed by atoms with E-state index in [9.17, 15) is 31.6 Å². The molecule has 2 fully saturated rings. The average molecular weight is 565 g/mol. The summed E-state index contributed by atoms with van der Waals surface area (Å²) < 4.78 is 56.6. The molecule has 0 aliphatic carbocycles. The number of amides is 2. The van der Waals surface area contributed by atoms with E-state index in [1.807, 2.05) is 13.8 Å². The van der Waals surface area contributed by atoms with Gasteiger partial charge in [0.25, 0.3) is 5.91 Å². The van der Waals surface area contributed by atoms with Crippen LogP contribution in [0.3, 0.4) is 0 Å². The van der Waals surface area contributed by atoms with E-state index in [0.29, 0.717) is 5.69 Å². The SMILES string of the molecule is CC(C)CC(NC(=O)c1ccc(OC(F)F)cc1)C(=O)N1CCC2C1C(=O)CN2S(=O)(=O)Cc1ccccn1. The van der Waals surface area contributed by atoms with E-state index in [4.69, 9.17) is 0 Å². The van der Waals surface area contributed by atoms with Crippen molar-refractivity contribution in [2.45, 2.75) is 57.2 Å². The monoisotopic (exact) mass is 564 g/mol. The van der Waals surface area contributed by atoms with E-state index in [2.05, 4.69) is 15.0 Å². The number of sulfonamides is 1. The van der Waals surface area contributed by atoms with Crippen molar-refractivity contribution >= 4 is 27.6 Å². The van der Waals surface area contributed by atoms with Crippen molar-refractivity contribution in [1.82, 2.24) is 19.5 Å². The molecule has 0 saturated carbocycles. The third-order valence-corrected chi connectivity index (χ3v) is 8.50. The number of carbonyl (C=O) groups is 3. The Morgan fingerprint density at radius 1 is 1.15 bits per heavy atom. The normalized spacial score (nSPS) is 20.4. The maximum Gasteiger partial charge on any atom is 0.387 e. The van der Waals surface area contributed by atoms with Crippen molar-refractivity contribution in [3.05, 3.63) is 59.9 Å². The van der Waals surface area contributed by atoms with E-state index in [1.54, 1.807) is 18.2 Å². The van der Waals surface area contributed by atoms with Crippen LogP contribution in [-0.2, 0) is 25.4 Å². The van der Waals surface area contributed by atoms with E-state index in [0.717, 1.165) is 0 Å². The van der Waals surface area contributed by atoms with Crippen LogP contribution in [0.4, 0.5) is 8.78 Å². The second-order valence-electron chi connectivity index (χ2n) is 9.98. The fourth-order valence-electron chi connectivity index (χ4n) is 5.06. The van der Waals surface area contributed by atoms with Gasteiger partial charge in [-0.1, -0.05) is 19.9 Å². The maximum atomic E-state index is 13.6. The first kappa shape index (κ1) is 28.6. The molecular weight excluding hydrogens is 534 g/mol. The van der Waals surface area contributed by atoms with Crippen molar-refractivity contribution in [3.8, 4) is 5.75 Å². The number of nitrogens with one attached hydrogen (secondary N) is 1. The Bertz CT molecular complexity index is 1310. The second kappa shape index (κ2) is 11.7. The summed E-state index contributed by atoms with van der Waals surface area (Å²) in [6.45, 7) is 0.591. The number of likely N-dealkylation sites (tertiary alicyclic amines) is 1. The maximum absolute atomic E-state index is 13.6. The van der Waals surface area contributed by atoms with E-state index < -0.39 is 46.6 Å². The quantitative estimate of drug-likeness (QED) is 0.469. The summed E-state index contributed by atoms with van der Waals surface area (Å²) in [5, 5.41) is 2.70. The van der Waals surface area contributed by atoms with Crippen LogP contribution >= 0.6 is 0 Å². The molecule has 0 spiro atoms. The van der Waals surface area contributed by atoms with Crippen molar-refractivity contribution < 1.29 is 36.3 Å². The molecule has 3 heterocycles. The standard InChI is InChI=1S/C26H30F2N4O6S/c1-16(2)13-20(30-24(34)17-6-8-19(9-7-17)38-26(27)28)25(35)31-12-10-21-23(31)22(33)14-32(21)39(36,37)15-18-5-3-4-11-29-18/h3-9,11,16,20-21,23,26H,10,12-15H2,1-2H3,(H,30,34). The molecule has 0 bridgehead atoms. The fraction of sp³-hybridized carbons (Fsp3) is 0.462. The van der Waals surface area contributed by atoms with Crippen molar-refractivity contribution in [1.29, 1.82) is 0 Å². The zero-order valence-corrected chi connectivity index (χ0v) is 22.3. The van der Waals surface area contributed by atoms with Gasteiger partial charge in [0.15, 0.2) is 5.78 Å². The van der Waals surface area contributed by atoms with E-state index >= 15 is 0 Å². The van der Waals surface area contributed by atoms with Crippen LogP contribution in [0, 0.1) is 5.92 Å². The number of alkyl halides is 2. The number of benzene rings is 1. The molecule has 1 aromatic heterocycles. The van der Waals surface area contributed by atoms with Crippen LogP contribution in [-0.4, -0.2) is 78.0 Å². The smallest absolute Gasteiger partial charge is 0.387 e. The van der Waals surface area contributed by atoms with Gasteiger partial charge < -0.3 is 15.0 Å². The first-order valence-corrected chi connectivity index (χ1v) is 14.2. The summed E-state index contributed by atoms with van der Waals surface area (Å²) in [5.41, 5.74) is 0.494. The summed E-state index contributed by atoms with van der Waals surface area (Å²) in [5.74, 6) is -1.90. The van der Waals surface area contributed by atoms with Gasteiger partial charge in [-0.3, -0.25) is 19.4 Å². The van der Waals surface area contributed by atoms with Gasteiger partial charge in [-0.15, -0.1) is 0 Å². The summed E-state index contributed by atoms with van der Waals surface area (Å²) >= 11 is 0. The topological polar surface area (TPSA) is 126 Å². The van der Waals surface area contributed by atoms with Gasteiger partial charge in [0, 0.05) is 18.3 Å². The van der Waals surface area contributed by atoms with Crippen LogP contribution in [0.2, 0.25) is 0 Å². The summed E-state index contributed by atoms with van der Waals surface area (Å²) in [6, 6.07) is 7.42.